The quantitative estimate of drug-likeness (QED) is 0.215. The number of rotatable bonds is 16. The Kier molecular flexibility index (Phi) is 14.3. The highest BCUT2D eigenvalue weighted by Crippen LogP contribution is 2.60. The number of thioether (sulfide) groups is 4. The molecule has 500 valence electrons. The Morgan fingerprint density at radius 2 is 0.521 bits per heavy atom. The Bertz CT molecular complexity index is 3340. The molecule has 2 aromatic rings. The van der Waals surface area contributed by atoms with Gasteiger partial charge >= 0.3 is 48.2 Å². The van der Waals surface area contributed by atoms with E-state index in [9.17, 15) is 19.2 Å². The third-order valence-corrected chi connectivity index (χ3v) is 24.3. The molecular formula is C58H68N16O16S4. The predicted molar refractivity (Wildman–Crippen MR) is 333 cm³/mol. The number of carbonyl (C=O) groups is 12. The molecule has 0 aromatic heterocycles. The van der Waals surface area contributed by atoms with Gasteiger partial charge in [0.1, 0.15) is 63.0 Å². The number of hydrogen-bond acceptors (Lipinski definition) is 20. The second kappa shape index (κ2) is 21.7. The second-order valence-corrected chi connectivity index (χ2v) is 30.5. The molecule has 0 atom stereocenters. The Balaban J connectivity index is 0.753. The number of benzene rings is 2. The molecule has 16 amide bonds. The van der Waals surface area contributed by atoms with E-state index in [2.05, 4.69) is 0 Å². The fourth-order valence-electron chi connectivity index (χ4n) is 16.5. The summed E-state index contributed by atoms with van der Waals surface area (Å²) in [5.74, 6) is 2.95. The first-order valence-electron chi connectivity index (χ1n) is 30.8. The molecule has 13 heterocycles. The van der Waals surface area contributed by atoms with Gasteiger partial charge in [-0.05, 0) is 52.0 Å². The van der Waals surface area contributed by atoms with Crippen molar-refractivity contribution in [3.05, 3.63) is 46.5 Å². The minimum atomic E-state index is -1.58. The first-order chi connectivity index (χ1) is 44.8. The standard InChI is InChI=1S/C58H68N16O16S4/c1-31(75)91-17-13-87-39-9-10-40(88-14-18-92-32(2)76)36-22-68-52(84)72-28-64-45-43-59(47(79)63(45)27-71-51(83)67(21-35(36)39)55(68,5)57(71,72)7)25-61-44-46-65(49(61)81)29-73-53(85)69-23-37-38(42(90-16-20-94-34(4)78)12-11-41(37)89-15-19-93-33(3)77)24-70-54(86)74(58(73,8)56(69,70)6)30-66(46)50(82)62(44)26-60(43)48(64)80/h9-12,43-46H,13-30H2,1-8H3. The highest BCUT2D eigenvalue weighted by Gasteiger charge is 2.80. The molecule has 0 aliphatic carbocycles. The van der Waals surface area contributed by atoms with Crippen molar-refractivity contribution in [1.82, 2.24) is 78.4 Å². The van der Waals surface area contributed by atoms with Crippen molar-refractivity contribution in [2.75, 3.05) is 89.5 Å². The summed E-state index contributed by atoms with van der Waals surface area (Å²) in [4.78, 5) is 196. The Morgan fingerprint density at radius 1 is 0.330 bits per heavy atom. The maximum atomic E-state index is 15.6. The molecule has 0 N–H and O–H groups in total. The van der Waals surface area contributed by atoms with Crippen molar-refractivity contribution in [1.29, 1.82) is 0 Å². The minimum absolute atomic E-state index is 0.0873. The van der Waals surface area contributed by atoms with E-state index in [4.69, 9.17) is 18.9 Å². The third kappa shape index (κ3) is 8.27. The van der Waals surface area contributed by atoms with Crippen LogP contribution in [0.1, 0.15) is 77.6 Å². The zero-order chi connectivity index (χ0) is 66.3. The molecule has 36 heteroatoms. The van der Waals surface area contributed by atoms with Crippen LogP contribution in [-0.2, 0) is 45.4 Å². The van der Waals surface area contributed by atoms with Gasteiger partial charge in [0, 0.05) is 73.0 Å². The van der Waals surface area contributed by atoms with Gasteiger partial charge in [0.15, 0.2) is 67.8 Å². The monoisotopic (exact) mass is 1370 g/mol. The normalized spacial score (nSPS) is 29.5. The number of amides is 16. The largest absolute Gasteiger partial charge is 0.492 e. The van der Waals surface area contributed by atoms with Crippen LogP contribution < -0.4 is 18.9 Å². The predicted octanol–water partition coefficient (Wildman–Crippen LogP) is 3.90. The number of carbonyl (C=O) groups excluding carboxylic acids is 12. The van der Waals surface area contributed by atoms with Crippen LogP contribution >= 0.6 is 47.0 Å². The van der Waals surface area contributed by atoms with Crippen LogP contribution in [0.2, 0.25) is 0 Å². The van der Waals surface area contributed by atoms with E-state index < -0.39 is 136 Å². The molecule has 11 fully saturated rings. The van der Waals surface area contributed by atoms with Crippen molar-refractivity contribution in [3.8, 4) is 23.0 Å². The van der Waals surface area contributed by atoms with Gasteiger partial charge in [0.2, 0.25) is 0 Å². The number of nitrogens with zero attached hydrogens (tertiary/aromatic N) is 16. The summed E-state index contributed by atoms with van der Waals surface area (Å²) < 4.78 is 25.3. The van der Waals surface area contributed by atoms with Crippen molar-refractivity contribution >= 4 is 116 Å². The van der Waals surface area contributed by atoms with Crippen LogP contribution in [0.25, 0.3) is 0 Å². The van der Waals surface area contributed by atoms with Crippen LogP contribution in [0.4, 0.5) is 38.4 Å². The van der Waals surface area contributed by atoms with E-state index in [1.807, 2.05) is 0 Å². The number of urea groups is 8. The van der Waals surface area contributed by atoms with Crippen molar-refractivity contribution in [3.63, 3.8) is 0 Å². The van der Waals surface area contributed by atoms with Crippen molar-refractivity contribution in [2.24, 2.45) is 0 Å². The van der Waals surface area contributed by atoms with Crippen LogP contribution in [0.15, 0.2) is 24.3 Å². The number of fused-ring (bicyclic) bond motifs is 2. The van der Waals surface area contributed by atoms with Gasteiger partial charge in [0.25, 0.3) is 0 Å². The molecule has 13 aliphatic heterocycles. The van der Waals surface area contributed by atoms with Crippen LogP contribution in [0.5, 0.6) is 23.0 Å². The van der Waals surface area contributed by atoms with Gasteiger partial charge in [-0.1, -0.05) is 47.0 Å². The van der Waals surface area contributed by atoms with E-state index in [1.54, 1.807) is 71.6 Å². The third-order valence-electron chi connectivity index (χ3n) is 21.2. The van der Waals surface area contributed by atoms with Crippen molar-refractivity contribution in [2.45, 2.75) is 129 Å². The molecule has 13 aliphatic rings. The maximum Gasteiger partial charge on any atom is 0.326 e. The van der Waals surface area contributed by atoms with E-state index >= 15 is 38.4 Å². The van der Waals surface area contributed by atoms with Gasteiger partial charge in [-0.3, -0.25) is 97.6 Å². The molecular weight excluding hydrogens is 1310 g/mol. The lowest BCUT2D eigenvalue weighted by molar-refractivity contribution is -0.109. The van der Waals surface area contributed by atoms with Crippen LogP contribution in [0, 0.1) is 0 Å². The topological polar surface area (TPSA) is 294 Å². The van der Waals surface area contributed by atoms with Crippen LogP contribution in [-0.4, -0.2) is 284 Å². The van der Waals surface area contributed by atoms with Gasteiger partial charge in [-0.25, -0.2) is 38.4 Å². The van der Waals surface area contributed by atoms with Gasteiger partial charge < -0.3 is 18.9 Å². The van der Waals surface area contributed by atoms with E-state index in [0.29, 0.717) is 68.3 Å². The molecule has 94 heavy (non-hydrogen) atoms. The summed E-state index contributed by atoms with van der Waals surface area (Å²) in [6.07, 6.45) is -4.72. The Labute approximate surface area is 555 Å². The molecule has 32 nitrogen and oxygen atoms in total. The molecule has 0 radical (unpaired) electrons. The second-order valence-electron chi connectivity index (χ2n) is 25.5. The summed E-state index contributed by atoms with van der Waals surface area (Å²) in [7, 11) is 0. The smallest absolute Gasteiger partial charge is 0.326 e. The molecule has 2 aromatic carbocycles. The maximum absolute atomic E-state index is 15.6. The SMILES string of the molecule is CC(=O)SCCOc1ccc(OCCSC(C)=O)c2c1CN1C(=O)N3CN4C(=O)N5CN6C(=O)N7CN8C(=O)N9Cc%10c(OCCSC(C)=O)ccc(OCCSC(C)=O)c%10CN%10C(=O)N(CN%11C(=O)N(CN%12C(=O)N(CN%13C(=O)N(C2)C1(C)C3%13C)C4C5%12)C6C7%11)C8(C)C9%10C. The molecule has 0 bridgehead atoms. The van der Waals surface area contributed by atoms with Gasteiger partial charge in [-0.2, -0.15) is 0 Å². The summed E-state index contributed by atoms with van der Waals surface area (Å²) >= 11 is 4.38. The van der Waals surface area contributed by atoms with E-state index in [1.165, 1.54) is 86.5 Å². The molecule has 0 saturated carbocycles. The summed E-state index contributed by atoms with van der Waals surface area (Å²) in [5.41, 5.74) is -3.96. The average Bonchev–Trinajstić information content (AvgIpc) is 1.50. The lowest BCUT2D eigenvalue weighted by atomic mass is 9.95. The first-order valence-corrected chi connectivity index (χ1v) is 34.7. The lowest BCUT2D eigenvalue weighted by Gasteiger charge is -2.49. The summed E-state index contributed by atoms with van der Waals surface area (Å²) in [6, 6.07) is 2.08. The van der Waals surface area contributed by atoms with Crippen LogP contribution in [0.3, 0.4) is 0 Å². The number of hydrogen-bond donors (Lipinski definition) is 0. The van der Waals surface area contributed by atoms with Gasteiger partial charge in [0.05, 0.1) is 52.6 Å². The first kappa shape index (κ1) is 62.0. The highest BCUT2D eigenvalue weighted by molar-refractivity contribution is 8.14. The molecule has 0 unspecified atom stereocenters. The molecule has 15 rings (SSSR count). The van der Waals surface area contributed by atoms with E-state index in [-0.39, 0.29) is 73.1 Å². The summed E-state index contributed by atoms with van der Waals surface area (Å²) in [5, 5.41) is -0.349. The molecule has 11 saturated heterocycles. The summed E-state index contributed by atoms with van der Waals surface area (Å²) in [6.45, 7) is 10.4. The Hall–Kier alpha value is -8.12. The number of ether oxygens (including phenoxy) is 4. The minimum Gasteiger partial charge on any atom is -0.492 e. The fourth-order valence-corrected chi connectivity index (χ4v) is 18.3. The molecule has 0 spiro atoms. The highest BCUT2D eigenvalue weighted by atomic mass is 32.2. The fraction of sp³-hybridized carbons (Fsp3) is 0.586. The van der Waals surface area contributed by atoms with E-state index in [0.717, 1.165) is 47.0 Å². The van der Waals surface area contributed by atoms with Crippen molar-refractivity contribution < 1.29 is 76.5 Å². The lowest BCUT2D eigenvalue weighted by Crippen LogP contribution is -2.69. The van der Waals surface area contributed by atoms with Gasteiger partial charge in [-0.15, -0.1) is 0 Å². The average molecular weight is 1370 g/mol. The Morgan fingerprint density at radius 3 is 0.723 bits per heavy atom. The zero-order valence-corrected chi connectivity index (χ0v) is 55.9. The zero-order valence-electron chi connectivity index (χ0n) is 52.7.